The Hall–Kier alpha value is -2.68. The summed E-state index contributed by atoms with van der Waals surface area (Å²) in [7, 11) is 0. The third kappa shape index (κ3) is 4.16. The molecule has 22 heavy (non-hydrogen) atoms. The van der Waals surface area contributed by atoms with E-state index in [4.69, 9.17) is 0 Å². The van der Waals surface area contributed by atoms with Gasteiger partial charge in [-0.2, -0.15) is 0 Å². The number of hydrogen-bond donors (Lipinski definition) is 1. The zero-order valence-electron chi connectivity index (χ0n) is 12.4. The molecule has 110 valence electrons. The lowest BCUT2D eigenvalue weighted by Crippen LogP contribution is -2.00. The molecule has 0 spiro atoms. The Bertz CT molecular complexity index is 616. The third-order valence-electron chi connectivity index (χ3n) is 3.58. The first kappa shape index (κ1) is 14.3. The Morgan fingerprint density at radius 1 is 0.773 bits per heavy atom. The lowest BCUT2D eigenvalue weighted by Gasteiger charge is -2.07. The molecule has 1 aromatic carbocycles. The van der Waals surface area contributed by atoms with Crippen molar-refractivity contribution in [1.82, 2.24) is 9.97 Å². The van der Waals surface area contributed by atoms with E-state index in [0.717, 1.165) is 30.8 Å². The SMILES string of the molecule is c1ccc(CCc2ccc(CNc3cccnc3)cc2)nc1. The van der Waals surface area contributed by atoms with Crippen LogP contribution in [0.25, 0.3) is 0 Å². The Labute approximate surface area is 131 Å². The first-order valence-corrected chi connectivity index (χ1v) is 7.52. The molecule has 0 bridgehead atoms. The highest BCUT2D eigenvalue weighted by Crippen LogP contribution is 2.10. The predicted molar refractivity (Wildman–Crippen MR) is 89.7 cm³/mol. The van der Waals surface area contributed by atoms with E-state index in [2.05, 4.69) is 45.6 Å². The third-order valence-corrected chi connectivity index (χ3v) is 3.58. The van der Waals surface area contributed by atoms with Crippen LogP contribution in [0.3, 0.4) is 0 Å². The summed E-state index contributed by atoms with van der Waals surface area (Å²) in [6.07, 6.45) is 7.47. The summed E-state index contributed by atoms with van der Waals surface area (Å²) in [4.78, 5) is 8.45. The van der Waals surface area contributed by atoms with Crippen LogP contribution >= 0.6 is 0 Å². The average Bonchev–Trinajstić information content (AvgIpc) is 2.61. The lowest BCUT2D eigenvalue weighted by molar-refractivity contribution is 0.912. The normalized spacial score (nSPS) is 10.4. The van der Waals surface area contributed by atoms with Gasteiger partial charge in [0.05, 0.1) is 5.69 Å². The van der Waals surface area contributed by atoms with Crippen LogP contribution in [0.2, 0.25) is 0 Å². The van der Waals surface area contributed by atoms with Crippen molar-refractivity contribution in [3.8, 4) is 0 Å². The molecule has 0 saturated heterocycles. The predicted octanol–water partition coefficient (Wildman–Crippen LogP) is 3.87. The summed E-state index contributed by atoms with van der Waals surface area (Å²) in [5.74, 6) is 0. The van der Waals surface area contributed by atoms with Crippen molar-refractivity contribution in [2.24, 2.45) is 0 Å². The van der Waals surface area contributed by atoms with Crippen LogP contribution in [0, 0.1) is 0 Å². The van der Waals surface area contributed by atoms with Gasteiger partial charge in [0.2, 0.25) is 0 Å². The first-order chi connectivity index (χ1) is 10.9. The second-order valence-electron chi connectivity index (χ2n) is 5.23. The second kappa shape index (κ2) is 7.36. The van der Waals surface area contributed by atoms with Gasteiger partial charge in [-0.3, -0.25) is 9.97 Å². The van der Waals surface area contributed by atoms with Gasteiger partial charge in [-0.05, 0) is 48.2 Å². The van der Waals surface area contributed by atoms with E-state index >= 15 is 0 Å². The standard InChI is InChI=1S/C19H19N3/c1-2-13-21-18(4-1)11-10-16-6-8-17(9-7-16)14-22-19-5-3-12-20-15-19/h1-9,12-13,15,22H,10-11,14H2. The summed E-state index contributed by atoms with van der Waals surface area (Å²) in [5, 5.41) is 3.37. The molecular formula is C19H19N3. The van der Waals surface area contributed by atoms with Gasteiger partial charge in [0.1, 0.15) is 0 Å². The van der Waals surface area contributed by atoms with E-state index in [9.17, 15) is 0 Å². The molecule has 3 aromatic rings. The number of aromatic nitrogens is 2. The molecule has 0 fully saturated rings. The van der Waals surface area contributed by atoms with Crippen LogP contribution in [0.5, 0.6) is 0 Å². The number of anilines is 1. The van der Waals surface area contributed by atoms with Gasteiger partial charge in [-0.15, -0.1) is 0 Å². The zero-order valence-corrected chi connectivity index (χ0v) is 12.4. The summed E-state index contributed by atoms with van der Waals surface area (Å²) in [6.45, 7) is 0.812. The van der Waals surface area contributed by atoms with Crippen LogP contribution in [0.15, 0.2) is 73.2 Å². The average molecular weight is 289 g/mol. The molecule has 0 aliphatic heterocycles. The van der Waals surface area contributed by atoms with E-state index in [1.807, 2.05) is 36.7 Å². The topological polar surface area (TPSA) is 37.8 Å². The molecule has 3 rings (SSSR count). The fourth-order valence-electron chi connectivity index (χ4n) is 2.31. The number of aryl methyl sites for hydroxylation is 2. The quantitative estimate of drug-likeness (QED) is 0.748. The molecule has 0 atom stereocenters. The number of nitrogens with zero attached hydrogens (tertiary/aromatic N) is 2. The Morgan fingerprint density at radius 2 is 1.64 bits per heavy atom. The van der Waals surface area contributed by atoms with Crippen molar-refractivity contribution in [2.45, 2.75) is 19.4 Å². The zero-order chi connectivity index (χ0) is 15.0. The maximum atomic E-state index is 4.36. The highest BCUT2D eigenvalue weighted by molar-refractivity contribution is 5.40. The molecule has 1 N–H and O–H groups in total. The van der Waals surface area contributed by atoms with Gasteiger partial charge < -0.3 is 5.32 Å². The minimum absolute atomic E-state index is 0.812. The van der Waals surface area contributed by atoms with Crippen molar-refractivity contribution in [3.05, 3.63) is 90.0 Å². The molecule has 0 unspecified atom stereocenters. The number of hydrogen-bond acceptors (Lipinski definition) is 3. The van der Waals surface area contributed by atoms with Gasteiger partial charge in [-0.1, -0.05) is 30.3 Å². The smallest absolute Gasteiger partial charge is 0.0529 e. The van der Waals surface area contributed by atoms with Gasteiger partial charge in [0.15, 0.2) is 0 Å². The Balaban J connectivity index is 1.52. The fraction of sp³-hybridized carbons (Fsp3) is 0.158. The summed E-state index contributed by atoms with van der Waals surface area (Å²) >= 11 is 0. The molecule has 0 amide bonds. The van der Waals surface area contributed by atoms with E-state index in [1.165, 1.54) is 11.1 Å². The van der Waals surface area contributed by atoms with Crippen molar-refractivity contribution < 1.29 is 0 Å². The lowest BCUT2D eigenvalue weighted by atomic mass is 10.1. The van der Waals surface area contributed by atoms with Crippen molar-refractivity contribution in [2.75, 3.05) is 5.32 Å². The number of nitrogens with one attached hydrogen (secondary N) is 1. The minimum Gasteiger partial charge on any atom is -0.380 e. The molecular weight excluding hydrogens is 270 g/mol. The van der Waals surface area contributed by atoms with Gasteiger partial charge >= 0.3 is 0 Å². The largest absolute Gasteiger partial charge is 0.380 e. The van der Waals surface area contributed by atoms with E-state index in [1.54, 1.807) is 6.20 Å². The maximum Gasteiger partial charge on any atom is 0.0529 e. The summed E-state index contributed by atoms with van der Waals surface area (Å²) in [5.41, 5.74) is 4.80. The monoisotopic (exact) mass is 289 g/mol. The first-order valence-electron chi connectivity index (χ1n) is 7.52. The molecule has 3 heteroatoms. The molecule has 2 aromatic heterocycles. The molecule has 3 nitrogen and oxygen atoms in total. The van der Waals surface area contributed by atoms with Crippen molar-refractivity contribution >= 4 is 5.69 Å². The van der Waals surface area contributed by atoms with Crippen molar-refractivity contribution in [3.63, 3.8) is 0 Å². The van der Waals surface area contributed by atoms with E-state index < -0.39 is 0 Å². The highest BCUT2D eigenvalue weighted by Gasteiger charge is 1.98. The summed E-state index contributed by atoms with van der Waals surface area (Å²) in [6, 6.07) is 18.8. The van der Waals surface area contributed by atoms with E-state index in [0.29, 0.717) is 0 Å². The van der Waals surface area contributed by atoms with Gasteiger partial charge in [0, 0.05) is 30.8 Å². The van der Waals surface area contributed by atoms with Crippen molar-refractivity contribution in [1.29, 1.82) is 0 Å². The molecule has 0 aliphatic carbocycles. The minimum atomic E-state index is 0.812. The van der Waals surface area contributed by atoms with E-state index in [-0.39, 0.29) is 0 Å². The molecule has 0 saturated carbocycles. The van der Waals surface area contributed by atoms with Gasteiger partial charge in [0.25, 0.3) is 0 Å². The van der Waals surface area contributed by atoms with Crippen LogP contribution in [0.4, 0.5) is 5.69 Å². The fourth-order valence-corrected chi connectivity index (χ4v) is 2.31. The number of rotatable bonds is 6. The van der Waals surface area contributed by atoms with Crippen LogP contribution in [0.1, 0.15) is 16.8 Å². The number of benzene rings is 1. The molecule has 0 aliphatic rings. The van der Waals surface area contributed by atoms with Crippen LogP contribution in [-0.2, 0) is 19.4 Å². The highest BCUT2D eigenvalue weighted by atomic mass is 14.9. The van der Waals surface area contributed by atoms with Gasteiger partial charge in [-0.25, -0.2) is 0 Å². The van der Waals surface area contributed by atoms with Crippen LogP contribution < -0.4 is 5.32 Å². The maximum absolute atomic E-state index is 4.36. The molecule has 0 radical (unpaired) electrons. The molecule has 2 heterocycles. The number of pyridine rings is 2. The Morgan fingerprint density at radius 3 is 2.36 bits per heavy atom. The Kier molecular flexibility index (Phi) is 4.77. The summed E-state index contributed by atoms with van der Waals surface area (Å²) < 4.78 is 0. The van der Waals surface area contributed by atoms with Crippen LogP contribution in [-0.4, -0.2) is 9.97 Å². The second-order valence-corrected chi connectivity index (χ2v) is 5.23.